The highest BCUT2D eigenvalue weighted by Gasteiger charge is 2.10. The Morgan fingerprint density at radius 2 is 2.18 bits per heavy atom. The van der Waals surface area contributed by atoms with Crippen LogP contribution in [0.3, 0.4) is 0 Å². The summed E-state index contributed by atoms with van der Waals surface area (Å²) in [5.41, 5.74) is 2.48. The molecule has 4 nitrogen and oxygen atoms in total. The third kappa shape index (κ3) is 2.53. The van der Waals surface area contributed by atoms with Gasteiger partial charge >= 0.3 is 0 Å². The van der Waals surface area contributed by atoms with E-state index in [1.807, 2.05) is 29.1 Å². The van der Waals surface area contributed by atoms with Crippen molar-refractivity contribution in [2.45, 2.75) is 26.8 Å². The predicted octanol–water partition coefficient (Wildman–Crippen LogP) is 1.94. The Morgan fingerprint density at radius 1 is 1.29 bits per heavy atom. The summed E-state index contributed by atoms with van der Waals surface area (Å²) in [6.45, 7) is 6.09. The topological polar surface area (TPSA) is 42.7 Å². The van der Waals surface area contributed by atoms with Gasteiger partial charge in [-0.25, -0.2) is 9.67 Å². The van der Waals surface area contributed by atoms with Gasteiger partial charge in [0.15, 0.2) is 5.82 Å². The zero-order chi connectivity index (χ0) is 12.1. The number of nitrogens with one attached hydrogen (secondary N) is 1. The van der Waals surface area contributed by atoms with Crippen molar-refractivity contribution in [3.8, 4) is 5.82 Å². The van der Waals surface area contributed by atoms with Crippen LogP contribution in [0.5, 0.6) is 0 Å². The summed E-state index contributed by atoms with van der Waals surface area (Å²) in [6.07, 6.45) is 4.67. The van der Waals surface area contributed by atoms with Gasteiger partial charge in [0, 0.05) is 18.3 Å². The first-order valence-electron chi connectivity index (χ1n) is 6.04. The summed E-state index contributed by atoms with van der Waals surface area (Å²) in [5, 5.41) is 7.75. The predicted molar refractivity (Wildman–Crippen MR) is 68.1 cm³/mol. The molecular weight excluding hydrogens is 212 g/mol. The standard InChI is InChI=1S/C13H18N4/c1-3-12-11(9-14-4-2)10-16-17(12)13-7-5-6-8-15-13/h5-8,10,14H,3-4,9H2,1-2H3. The zero-order valence-electron chi connectivity index (χ0n) is 10.3. The average molecular weight is 230 g/mol. The number of nitrogens with zero attached hydrogens (tertiary/aromatic N) is 3. The van der Waals surface area contributed by atoms with Crippen molar-refractivity contribution in [3.63, 3.8) is 0 Å². The quantitative estimate of drug-likeness (QED) is 0.853. The molecule has 0 bridgehead atoms. The van der Waals surface area contributed by atoms with E-state index < -0.39 is 0 Å². The number of pyridine rings is 1. The van der Waals surface area contributed by atoms with Gasteiger partial charge in [-0.1, -0.05) is 19.9 Å². The number of hydrogen-bond donors (Lipinski definition) is 1. The normalized spacial score (nSPS) is 10.7. The van der Waals surface area contributed by atoms with Crippen LogP contribution in [0.25, 0.3) is 5.82 Å². The molecule has 90 valence electrons. The van der Waals surface area contributed by atoms with Crippen LogP contribution in [-0.4, -0.2) is 21.3 Å². The van der Waals surface area contributed by atoms with Gasteiger partial charge in [-0.2, -0.15) is 5.10 Å². The second kappa shape index (κ2) is 5.59. The van der Waals surface area contributed by atoms with Crippen molar-refractivity contribution in [2.24, 2.45) is 0 Å². The van der Waals surface area contributed by atoms with E-state index in [0.29, 0.717) is 0 Å². The van der Waals surface area contributed by atoms with Gasteiger partial charge in [0.25, 0.3) is 0 Å². The number of aromatic nitrogens is 3. The molecule has 0 saturated heterocycles. The molecule has 2 heterocycles. The molecule has 2 rings (SSSR count). The maximum absolute atomic E-state index is 4.42. The monoisotopic (exact) mass is 230 g/mol. The van der Waals surface area contributed by atoms with E-state index in [1.165, 1.54) is 11.3 Å². The van der Waals surface area contributed by atoms with E-state index >= 15 is 0 Å². The Hall–Kier alpha value is -1.68. The van der Waals surface area contributed by atoms with Crippen molar-refractivity contribution in [2.75, 3.05) is 6.54 Å². The van der Waals surface area contributed by atoms with E-state index in [9.17, 15) is 0 Å². The molecule has 0 spiro atoms. The van der Waals surface area contributed by atoms with Crippen molar-refractivity contribution in [1.29, 1.82) is 0 Å². The van der Waals surface area contributed by atoms with Gasteiger partial charge in [-0.05, 0) is 25.1 Å². The second-order valence-corrected chi connectivity index (χ2v) is 3.85. The fraction of sp³-hybridized carbons (Fsp3) is 0.385. The van der Waals surface area contributed by atoms with Gasteiger partial charge in [-0.3, -0.25) is 0 Å². The molecule has 4 heteroatoms. The minimum Gasteiger partial charge on any atom is -0.313 e. The Labute approximate surface area is 102 Å². The number of hydrogen-bond acceptors (Lipinski definition) is 3. The van der Waals surface area contributed by atoms with E-state index in [0.717, 1.165) is 25.3 Å². The van der Waals surface area contributed by atoms with Gasteiger partial charge in [0.1, 0.15) is 0 Å². The minimum absolute atomic E-state index is 0.868. The van der Waals surface area contributed by atoms with E-state index in [1.54, 1.807) is 6.20 Å². The first-order chi connectivity index (χ1) is 8.36. The van der Waals surface area contributed by atoms with Crippen LogP contribution in [0.1, 0.15) is 25.1 Å². The lowest BCUT2D eigenvalue weighted by Gasteiger charge is -2.07. The molecule has 0 aliphatic rings. The fourth-order valence-electron chi connectivity index (χ4n) is 1.87. The summed E-state index contributed by atoms with van der Waals surface area (Å²) >= 11 is 0. The Bertz CT molecular complexity index is 462. The van der Waals surface area contributed by atoms with Crippen molar-refractivity contribution >= 4 is 0 Å². The van der Waals surface area contributed by atoms with Crippen LogP contribution >= 0.6 is 0 Å². The van der Waals surface area contributed by atoms with E-state index in [-0.39, 0.29) is 0 Å². The summed E-state index contributed by atoms with van der Waals surface area (Å²) in [6, 6.07) is 5.87. The summed E-state index contributed by atoms with van der Waals surface area (Å²) < 4.78 is 1.92. The maximum atomic E-state index is 4.42. The van der Waals surface area contributed by atoms with Crippen LogP contribution in [0.15, 0.2) is 30.6 Å². The Kier molecular flexibility index (Phi) is 3.88. The molecule has 0 unspecified atom stereocenters. The van der Waals surface area contributed by atoms with Crippen LogP contribution < -0.4 is 5.32 Å². The smallest absolute Gasteiger partial charge is 0.153 e. The molecule has 1 N–H and O–H groups in total. The maximum Gasteiger partial charge on any atom is 0.153 e. The van der Waals surface area contributed by atoms with Gasteiger partial charge < -0.3 is 5.32 Å². The Morgan fingerprint density at radius 3 is 2.82 bits per heavy atom. The van der Waals surface area contributed by atoms with E-state index in [2.05, 4.69) is 29.2 Å². The molecule has 0 radical (unpaired) electrons. The third-order valence-electron chi connectivity index (χ3n) is 2.72. The molecule has 0 amide bonds. The van der Waals surface area contributed by atoms with Crippen LogP contribution in [-0.2, 0) is 13.0 Å². The molecule has 17 heavy (non-hydrogen) atoms. The Balaban J connectivity index is 2.32. The average Bonchev–Trinajstić information content (AvgIpc) is 2.80. The lowest BCUT2D eigenvalue weighted by Crippen LogP contribution is -2.13. The summed E-state index contributed by atoms with van der Waals surface area (Å²) in [4.78, 5) is 4.33. The lowest BCUT2D eigenvalue weighted by atomic mass is 10.2. The molecule has 0 saturated carbocycles. The van der Waals surface area contributed by atoms with Gasteiger partial charge in [0.05, 0.1) is 11.9 Å². The molecular formula is C13H18N4. The fourth-order valence-corrected chi connectivity index (χ4v) is 1.87. The largest absolute Gasteiger partial charge is 0.313 e. The molecule has 0 aliphatic heterocycles. The second-order valence-electron chi connectivity index (χ2n) is 3.85. The first-order valence-corrected chi connectivity index (χ1v) is 6.04. The highest BCUT2D eigenvalue weighted by atomic mass is 15.3. The zero-order valence-corrected chi connectivity index (χ0v) is 10.3. The minimum atomic E-state index is 0.868. The molecule has 2 aromatic rings. The SMILES string of the molecule is CCNCc1cnn(-c2ccccn2)c1CC. The van der Waals surface area contributed by atoms with Crippen molar-refractivity contribution < 1.29 is 0 Å². The van der Waals surface area contributed by atoms with Gasteiger partial charge in [-0.15, -0.1) is 0 Å². The molecule has 2 aromatic heterocycles. The van der Waals surface area contributed by atoms with Crippen LogP contribution in [0, 0.1) is 0 Å². The third-order valence-corrected chi connectivity index (χ3v) is 2.72. The highest BCUT2D eigenvalue weighted by Crippen LogP contribution is 2.13. The first kappa shape index (κ1) is 11.8. The summed E-state index contributed by atoms with van der Waals surface area (Å²) in [7, 11) is 0. The molecule has 0 aliphatic carbocycles. The molecule has 0 aromatic carbocycles. The van der Waals surface area contributed by atoms with Gasteiger partial charge in [0.2, 0.25) is 0 Å². The highest BCUT2D eigenvalue weighted by molar-refractivity contribution is 5.28. The van der Waals surface area contributed by atoms with E-state index in [4.69, 9.17) is 0 Å². The van der Waals surface area contributed by atoms with Crippen molar-refractivity contribution in [3.05, 3.63) is 41.9 Å². The van der Waals surface area contributed by atoms with Crippen LogP contribution in [0.2, 0.25) is 0 Å². The van der Waals surface area contributed by atoms with Crippen molar-refractivity contribution in [1.82, 2.24) is 20.1 Å². The molecule has 0 atom stereocenters. The van der Waals surface area contributed by atoms with Crippen LogP contribution in [0.4, 0.5) is 0 Å². The number of rotatable bonds is 5. The molecule has 0 fully saturated rings. The summed E-state index contributed by atoms with van der Waals surface area (Å²) in [5.74, 6) is 0.882. The lowest BCUT2D eigenvalue weighted by molar-refractivity contribution is 0.714.